The highest BCUT2D eigenvalue weighted by molar-refractivity contribution is 5.85. The zero-order valence-electron chi connectivity index (χ0n) is 59.6. The number of benzene rings is 15. The maximum absolute atomic E-state index is 5.40. The second-order valence-electron chi connectivity index (χ2n) is 25.2. The fraction of sp³-hybridized carbons (Fsp3) is 0.0625. The molecule has 8 nitrogen and oxygen atoms in total. The van der Waals surface area contributed by atoms with Crippen molar-refractivity contribution in [2.75, 3.05) is 64.8 Å². The van der Waals surface area contributed by atoms with Gasteiger partial charge in [-0.3, -0.25) is 0 Å². The van der Waals surface area contributed by atoms with Gasteiger partial charge in [0.1, 0.15) is 11.5 Å². The van der Waals surface area contributed by atoms with Crippen molar-refractivity contribution in [3.63, 3.8) is 0 Å². The molecule has 15 aromatic carbocycles. The minimum Gasteiger partial charge on any atom is -0.497 e. The van der Waals surface area contributed by atoms with Gasteiger partial charge >= 0.3 is 0 Å². The summed E-state index contributed by atoms with van der Waals surface area (Å²) in [4.78, 5) is 13.5. The van der Waals surface area contributed by atoms with Crippen LogP contribution in [0.5, 0.6) is 11.5 Å². The molecule has 8 heteroatoms. The van der Waals surface area contributed by atoms with Crippen molar-refractivity contribution in [2.45, 2.75) is 6.92 Å². The highest BCUT2D eigenvalue weighted by Gasteiger charge is 2.19. The number of ether oxygens (including phenoxy) is 2. The topological polar surface area (TPSA) is 37.9 Å². The lowest BCUT2D eigenvalue weighted by atomic mass is 10.0. The van der Waals surface area contributed by atoms with Gasteiger partial charge in [0.15, 0.2) is 0 Å². The molecule has 0 amide bonds. The second kappa shape index (κ2) is 33.7. The molecule has 15 aromatic rings. The Morgan fingerprint density at radius 1 is 0.173 bits per heavy atom. The monoisotopic (exact) mass is 1350 g/mol. The Bertz CT molecular complexity index is 5150. The van der Waals surface area contributed by atoms with E-state index in [1.165, 1.54) is 44.6 Å². The van der Waals surface area contributed by atoms with Gasteiger partial charge in [-0.15, -0.1) is 0 Å². The van der Waals surface area contributed by atoms with Gasteiger partial charge in [0.05, 0.1) is 14.2 Å². The first kappa shape index (κ1) is 69.2. The van der Waals surface area contributed by atoms with E-state index >= 15 is 0 Å². The summed E-state index contributed by atoms with van der Waals surface area (Å²) in [6.07, 6.45) is 0. The summed E-state index contributed by atoms with van der Waals surface area (Å²) in [6.45, 7) is 2.13. The maximum Gasteiger partial charge on any atom is 0.120 e. The lowest BCUT2D eigenvalue weighted by Crippen LogP contribution is -2.12. The van der Waals surface area contributed by atoms with Crippen molar-refractivity contribution in [2.24, 2.45) is 0 Å². The Balaban J connectivity index is 0.000000139. The third-order valence-corrected chi connectivity index (χ3v) is 18.5. The van der Waals surface area contributed by atoms with E-state index in [-0.39, 0.29) is 0 Å². The average Bonchev–Trinajstić information content (AvgIpc) is 0.991. The van der Waals surface area contributed by atoms with Crippen LogP contribution in [-0.2, 0) is 0 Å². The number of para-hydroxylation sites is 3. The molecule has 0 aliphatic rings. The smallest absolute Gasteiger partial charge is 0.120 e. The number of methoxy groups -OCH3 is 2. The fourth-order valence-corrected chi connectivity index (χ4v) is 12.8. The molecule has 0 spiro atoms. The summed E-state index contributed by atoms with van der Waals surface area (Å²) < 4.78 is 10.7. The van der Waals surface area contributed by atoms with E-state index in [4.69, 9.17) is 9.47 Å². The predicted molar refractivity (Wildman–Crippen MR) is 441 cm³/mol. The number of aryl methyl sites for hydroxylation is 1. The van der Waals surface area contributed by atoms with Gasteiger partial charge in [-0.05, 0) is 240 Å². The highest BCUT2D eigenvalue weighted by Crippen LogP contribution is 2.42. The van der Waals surface area contributed by atoms with Crippen LogP contribution in [0.2, 0.25) is 0 Å². The number of hydrogen-bond acceptors (Lipinski definition) is 8. The van der Waals surface area contributed by atoms with Gasteiger partial charge in [0.2, 0.25) is 0 Å². The molecule has 0 bridgehead atoms. The summed E-state index contributed by atoms with van der Waals surface area (Å²) >= 11 is 0. The third-order valence-electron chi connectivity index (χ3n) is 18.5. The minimum atomic E-state index is 0.847. The van der Waals surface area contributed by atoms with Crippen LogP contribution in [0.4, 0.5) is 85.3 Å². The largest absolute Gasteiger partial charge is 0.497 e. The SMILES string of the molecule is COc1ccc(N(C)c2ccc(N(c3ccccc3)c3cccc(-c4ccccc4)c3)cc2)cc1.COc1cccc(N(C)c2ccc(N(c3ccccc3)c3cccc(-c4ccccc4)c3)cc2)c1.Cc1cccc(N(C)c2ccc(N(c3ccccc3)c3cccc(-c4ccccc4)c3)cc2)c1. The molecule has 0 unspecified atom stereocenters. The van der Waals surface area contributed by atoms with Gasteiger partial charge in [0, 0.05) is 113 Å². The highest BCUT2D eigenvalue weighted by atomic mass is 16.5. The van der Waals surface area contributed by atoms with E-state index in [1.807, 2.05) is 48.5 Å². The van der Waals surface area contributed by atoms with E-state index in [9.17, 15) is 0 Å². The van der Waals surface area contributed by atoms with Crippen LogP contribution in [0.15, 0.2) is 400 Å². The van der Waals surface area contributed by atoms with Crippen LogP contribution < -0.4 is 38.9 Å². The van der Waals surface area contributed by atoms with Gasteiger partial charge in [-0.25, -0.2) is 0 Å². The molecule has 0 fully saturated rings. The second-order valence-corrected chi connectivity index (χ2v) is 25.2. The molecule has 0 saturated carbocycles. The van der Waals surface area contributed by atoms with Crippen molar-refractivity contribution in [1.29, 1.82) is 0 Å². The van der Waals surface area contributed by atoms with Crippen molar-refractivity contribution in [3.05, 3.63) is 406 Å². The molecule has 15 rings (SSSR count). The van der Waals surface area contributed by atoms with Crippen molar-refractivity contribution >= 4 is 85.3 Å². The zero-order valence-corrected chi connectivity index (χ0v) is 59.6. The molecule has 0 atom stereocenters. The lowest BCUT2D eigenvalue weighted by Gasteiger charge is -2.27. The first-order chi connectivity index (χ1) is 51.1. The molecule has 0 aromatic heterocycles. The van der Waals surface area contributed by atoms with Gasteiger partial charge in [-0.2, -0.15) is 0 Å². The standard InChI is InChI=1S/2C32H28N2O.C32H28N2/c1-33(30-16-10-18-32(24-30)35-2)27-19-21-29(22-20-27)34(28-14-7-4-8-15-28)31-17-9-13-26(23-31)25-11-5-3-6-12-25;1-33(28-20-22-32(35-2)23-21-28)27-16-18-30(19-17-27)34(29-13-7-4-8-14-29)31-15-9-12-26(24-31)25-10-5-3-6-11-25;1-25-11-9-17-31(23-25)33(2)28-19-21-30(22-20-28)34(29-15-7-4-8-16-29)32-18-10-14-27(24-32)26-12-5-3-6-13-26/h2*3-24H,1-2H3;3-24H,1-2H3. The summed E-state index contributed by atoms with van der Waals surface area (Å²) in [5.41, 5.74) is 25.3. The Morgan fingerprint density at radius 3 is 0.721 bits per heavy atom. The van der Waals surface area contributed by atoms with Crippen LogP contribution in [-0.4, -0.2) is 35.4 Å². The quantitative estimate of drug-likeness (QED) is 0.0747. The molecule has 104 heavy (non-hydrogen) atoms. The minimum absolute atomic E-state index is 0.847. The van der Waals surface area contributed by atoms with E-state index in [0.717, 1.165) is 91.1 Å². The van der Waals surface area contributed by atoms with Gasteiger partial charge in [-0.1, -0.05) is 200 Å². The number of rotatable bonds is 20. The van der Waals surface area contributed by atoms with Crippen LogP contribution in [0.1, 0.15) is 5.56 Å². The Morgan fingerprint density at radius 2 is 0.404 bits per heavy atom. The molecule has 0 aliphatic carbocycles. The first-order valence-corrected chi connectivity index (χ1v) is 35.0. The molecule has 0 heterocycles. The normalized spacial score (nSPS) is 10.6. The molecule has 0 N–H and O–H groups in total. The van der Waals surface area contributed by atoms with Gasteiger partial charge < -0.3 is 38.9 Å². The first-order valence-electron chi connectivity index (χ1n) is 35.0. The number of hydrogen-bond donors (Lipinski definition) is 0. The van der Waals surface area contributed by atoms with Crippen LogP contribution in [0.3, 0.4) is 0 Å². The van der Waals surface area contributed by atoms with Crippen molar-refractivity contribution < 1.29 is 9.47 Å². The van der Waals surface area contributed by atoms with Crippen LogP contribution in [0.25, 0.3) is 33.4 Å². The zero-order chi connectivity index (χ0) is 71.4. The summed E-state index contributed by atoms with van der Waals surface area (Å²) in [5, 5.41) is 0. The van der Waals surface area contributed by atoms with Crippen molar-refractivity contribution in [3.8, 4) is 44.9 Å². The molecule has 510 valence electrons. The van der Waals surface area contributed by atoms with Crippen LogP contribution >= 0.6 is 0 Å². The lowest BCUT2D eigenvalue weighted by molar-refractivity contribution is 0.415. The van der Waals surface area contributed by atoms with E-state index < -0.39 is 0 Å². The van der Waals surface area contributed by atoms with Crippen LogP contribution in [0, 0.1) is 6.92 Å². The van der Waals surface area contributed by atoms with E-state index in [2.05, 4.69) is 409 Å². The fourth-order valence-electron chi connectivity index (χ4n) is 12.8. The van der Waals surface area contributed by atoms with E-state index in [1.54, 1.807) is 14.2 Å². The molecular formula is C96H84N6O2. The Labute approximate surface area is 613 Å². The molecule has 0 saturated heterocycles. The predicted octanol–water partition coefficient (Wildman–Crippen LogP) is 26.1. The molecule has 0 radical (unpaired) electrons. The third kappa shape index (κ3) is 16.9. The Hall–Kier alpha value is -13.3. The Kier molecular flexibility index (Phi) is 22.4. The summed E-state index contributed by atoms with van der Waals surface area (Å²) in [6, 6.07) is 140. The average molecular weight is 1350 g/mol. The summed E-state index contributed by atoms with van der Waals surface area (Å²) in [5.74, 6) is 1.70. The summed E-state index contributed by atoms with van der Waals surface area (Å²) in [7, 11) is 9.64. The van der Waals surface area contributed by atoms with Crippen molar-refractivity contribution in [1.82, 2.24) is 0 Å². The van der Waals surface area contributed by atoms with E-state index in [0.29, 0.717) is 0 Å². The molecule has 0 aliphatic heterocycles. The van der Waals surface area contributed by atoms with Gasteiger partial charge in [0.25, 0.3) is 0 Å². The number of nitrogens with zero attached hydrogens (tertiary/aromatic N) is 6. The molecular weight excluding hydrogens is 1270 g/mol. The maximum atomic E-state index is 5.40. The number of anilines is 15.